The van der Waals surface area contributed by atoms with E-state index in [0.717, 1.165) is 0 Å². The maximum Gasteiger partial charge on any atom is 0.272 e. The van der Waals surface area contributed by atoms with Crippen molar-refractivity contribution in [3.05, 3.63) is 59.6 Å². The average molecular weight is 343 g/mol. The van der Waals surface area contributed by atoms with E-state index < -0.39 is 17.9 Å². The zero-order valence-corrected chi connectivity index (χ0v) is 13.4. The highest BCUT2D eigenvalue weighted by atomic mass is 35.5. The Morgan fingerprint density at radius 2 is 1.79 bits per heavy atom. The van der Waals surface area contributed by atoms with E-state index in [4.69, 9.17) is 17.3 Å². The Hall–Kier alpha value is -2.86. The van der Waals surface area contributed by atoms with Gasteiger partial charge < -0.3 is 11.1 Å². The number of para-hydroxylation sites is 2. The lowest BCUT2D eigenvalue weighted by molar-refractivity contribution is -0.119. The van der Waals surface area contributed by atoms with Gasteiger partial charge in [-0.1, -0.05) is 41.9 Å². The molecular weight excluding hydrogens is 328 g/mol. The first-order chi connectivity index (χ1) is 11.6. The van der Waals surface area contributed by atoms with E-state index in [1.54, 1.807) is 36.4 Å². The van der Waals surface area contributed by atoms with E-state index in [2.05, 4.69) is 10.4 Å². The molecule has 2 amide bonds. The van der Waals surface area contributed by atoms with Crippen LogP contribution in [0.3, 0.4) is 0 Å². The molecule has 0 bridgehead atoms. The molecule has 1 heterocycles. The van der Waals surface area contributed by atoms with E-state index in [9.17, 15) is 9.59 Å². The van der Waals surface area contributed by atoms with Crippen LogP contribution in [0.15, 0.2) is 59.7 Å². The number of hydrogen-bond donors (Lipinski definition) is 2. The Morgan fingerprint density at radius 1 is 1.12 bits per heavy atom. The van der Waals surface area contributed by atoms with Crippen molar-refractivity contribution in [1.29, 1.82) is 0 Å². The second kappa shape index (κ2) is 6.72. The van der Waals surface area contributed by atoms with Crippen LogP contribution < -0.4 is 16.1 Å². The van der Waals surface area contributed by atoms with Gasteiger partial charge in [0, 0.05) is 6.42 Å². The molecule has 0 saturated heterocycles. The number of nitrogens with one attached hydrogen (secondary N) is 1. The Balaban J connectivity index is 1.84. The lowest BCUT2D eigenvalue weighted by Crippen LogP contribution is -2.39. The van der Waals surface area contributed by atoms with Crippen molar-refractivity contribution in [3.8, 4) is 0 Å². The van der Waals surface area contributed by atoms with Crippen LogP contribution in [-0.2, 0) is 9.59 Å². The number of benzene rings is 2. The smallest absolute Gasteiger partial charge is 0.272 e. The number of hydrazone groups is 1. The first-order valence-electron chi connectivity index (χ1n) is 7.33. The van der Waals surface area contributed by atoms with Crippen molar-refractivity contribution in [2.75, 3.05) is 10.3 Å². The van der Waals surface area contributed by atoms with Crippen LogP contribution in [-0.4, -0.2) is 23.6 Å². The molecule has 24 heavy (non-hydrogen) atoms. The van der Waals surface area contributed by atoms with Gasteiger partial charge in [-0.15, -0.1) is 0 Å². The summed E-state index contributed by atoms with van der Waals surface area (Å²) in [6.07, 6.45) is 0.139. The number of carbonyl (C=O) groups is 2. The highest BCUT2D eigenvalue weighted by Gasteiger charge is 2.35. The average Bonchev–Trinajstić information content (AvgIpc) is 3.03. The number of rotatable bonds is 4. The standard InChI is InChI=1S/C17H15ClN4O2/c18-12-8-4-5-9-13(12)20-17(24)14-10-15(16(19)23)22(21-14)11-6-2-1-3-7-11/h1-9,15H,10H2,(H2,19,23)(H,20,24). The number of nitrogens with two attached hydrogens (primary N) is 1. The molecule has 0 aromatic heterocycles. The topological polar surface area (TPSA) is 87.8 Å². The second-order valence-corrected chi connectivity index (χ2v) is 5.69. The third-order valence-corrected chi connectivity index (χ3v) is 3.97. The summed E-state index contributed by atoms with van der Waals surface area (Å²) in [5.41, 5.74) is 6.87. The molecule has 2 aromatic carbocycles. The number of amides is 2. The summed E-state index contributed by atoms with van der Waals surface area (Å²) in [5, 5.41) is 8.89. The molecule has 2 aromatic rings. The van der Waals surface area contributed by atoms with Crippen molar-refractivity contribution in [2.24, 2.45) is 10.8 Å². The minimum atomic E-state index is -0.695. The lowest BCUT2D eigenvalue weighted by atomic mass is 10.1. The number of nitrogens with zero attached hydrogens (tertiary/aromatic N) is 2. The molecule has 0 aliphatic carbocycles. The maximum atomic E-state index is 12.4. The molecule has 3 rings (SSSR count). The van der Waals surface area contributed by atoms with Gasteiger partial charge in [0.2, 0.25) is 5.91 Å². The first-order valence-corrected chi connectivity index (χ1v) is 7.71. The number of halogens is 1. The highest BCUT2D eigenvalue weighted by molar-refractivity contribution is 6.45. The van der Waals surface area contributed by atoms with Crippen LogP contribution in [0.4, 0.5) is 11.4 Å². The molecule has 1 unspecified atom stereocenters. The molecule has 0 spiro atoms. The summed E-state index contributed by atoms with van der Waals surface area (Å²) in [6.45, 7) is 0. The van der Waals surface area contributed by atoms with Crippen LogP contribution in [0.1, 0.15) is 6.42 Å². The second-order valence-electron chi connectivity index (χ2n) is 5.28. The van der Waals surface area contributed by atoms with E-state index in [1.807, 2.05) is 18.2 Å². The third kappa shape index (κ3) is 3.23. The van der Waals surface area contributed by atoms with Gasteiger partial charge in [0.15, 0.2) is 0 Å². The van der Waals surface area contributed by atoms with Crippen molar-refractivity contribution in [2.45, 2.75) is 12.5 Å². The van der Waals surface area contributed by atoms with Gasteiger partial charge in [-0.25, -0.2) is 0 Å². The quantitative estimate of drug-likeness (QED) is 0.894. The maximum absolute atomic E-state index is 12.4. The number of primary amides is 1. The summed E-state index contributed by atoms with van der Waals surface area (Å²) >= 11 is 6.04. The van der Waals surface area contributed by atoms with E-state index in [1.165, 1.54) is 5.01 Å². The van der Waals surface area contributed by atoms with Crippen LogP contribution in [0, 0.1) is 0 Å². The van der Waals surface area contributed by atoms with Crippen LogP contribution >= 0.6 is 11.6 Å². The third-order valence-electron chi connectivity index (χ3n) is 3.64. The Kier molecular flexibility index (Phi) is 4.48. The zero-order chi connectivity index (χ0) is 17.1. The summed E-state index contributed by atoms with van der Waals surface area (Å²) in [4.78, 5) is 24.2. The highest BCUT2D eigenvalue weighted by Crippen LogP contribution is 2.26. The van der Waals surface area contributed by atoms with E-state index >= 15 is 0 Å². The summed E-state index contributed by atoms with van der Waals surface area (Å²) in [6, 6.07) is 15.3. The molecule has 0 fully saturated rings. The minimum Gasteiger partial charge on any atom is -0.368 e. The fraction of sp³-hybridized carbons (Fsp3) is 0.118. The van der Waals surface area contributed by atoms with Crippen molar-refractivity contribution >= 4 is 40.5 Å². The fourth-order valence-corrected chi connectivity index (χ4v) is 2.63. The Morgan fingerprint density at radius 3 is 2.46 bits per heavy atom. The van der Waals surface area contributed by atoms with Gasteiger partial charge in [-0.3, -0.25) is 14.6 Å². The number of anilines is 2. The molecular formula is C17H15ClN4O2. The lowest BCUT2D eigenvalue weighted by Gasteiger charge is -2.20. The zero-order valence-electron chi connectivity index (χ0n) is 12.6. The van der Waals surface area contributed by atoms with E-state index in [0.29, 0.717) is 16.4 Å². The van der Waals surface area contributed by atoms with Gasteiger partial charge in [-0.2, -0.15) is 5.10 Å². The Labute approximate surface area is 143 Å². The van der Waals surface area contributed by atoms with Gasteiger partial charge in [0.05, 0.1) is 16.4 Å². The van der Waals surface area contributed by atoms with Crippen LogP contribution in [0.2, 0.25) is 5.02 Å². The number of hydrogen-bond acceptors (Lipinski definition) is 4. The number of carbonyl (C=O) groups excluding carboxylic acids is 2. The normalized spacial score (nSPS) is 16.6. The van der Waals surface area contributed by atoms with Crippen molar-refractivity contribution in [3.63, 3.8) is 0 Å². The molecule has 1 atom stereocenters. The largest absolute Gasteiger partial charge is 0.368 e. The molecule has 0 saturated carbocycles. The molecule has 0 radical (unpaired) electrons. The van der Waals surface area contributed by atoms with Crippen LogP contribution in [0.5, 0.6) is 0 Å². The van der Waals surface area contributed by atoms with Crippen molar-refractivity contribution < 1.29 is 9.59 Å². The molecule has 7 heteroatoms. The molecule has 122 valence electrons. The van der Waals surface area contributed by atoms with Gasteiger partial charge in [0.25, 0.3) is 5.91 Å². The molecule has 3 N–H and O–H groups in total. The van der Waals surface area contributed by atoms with Gasteiger partial charge in [0.1, 0.15) is 11.8 Å². The van der Waals surface area contributed by atoms with Gasteiger partial charge in [-0.05, 0) is 24.3 Å². The van der Waals surface area contributed by atoms with Crippen LogP contribution in [0.25, 0.3) is 0 Å². The fourth-order valence-electron chi connectivity index (χ4n) is 2.44. The molecule has 6 nitrogen and oxygen atoms in total. The summed E-state index contributed by atoms with van der Waals surface area (Å²) in [7, 11) is 0. The Bertz CT molecular complexity index is 807. The van der Waals surface area contributed by atoms with Gasteiger partial charge >= 0.3 is 0 Å². The monoisotopic (exact) mass is 342 g/mol. The predicted molar refractivity (Wildman–Crippen MR) is 94.0 cm³/mol. The molecule has 1 aliphatic heterocycles. The summed E-state index contributed by atoms with van der Waals surface area (Å²) in [5.74, 6) is -0.948. The minimum absolute atomic E-state index is 0.139. The predicted octanol–water partition coefficient (Wildman–Crippen LogP) is 2.40. The summed E-state index contributed by atoms with van der Waals surface area (Å²) < 4.78 is 0. The molecule has 1 aliphatic rings. The van der Waals surface area contributed by atoms with Crippen molar-refractivity contribution in [1.82, 2.24) is 0 Å². The van der Waals surface area contributed by atoms with E-state index in [-0.39, 0.29) is 12.1 Å². The SMILES string of the molecule is NC(=O)C1CC(C(=O)Nc2ccccc2Cl)=NN1c1ccccc1. The first kappa shape index (κ1) is 16.0.